The molecule has 0 fully saturated rings. The summed E-state index contributed by atoms with van der Waals surface area (Å²) in [5.74, 6) is 0. The van der Waals surface area contributed by atoms with Gasteiger partial charge in [-0.2, -0.15) is 0 Å². The van der Waals surface area contributed by atoms with E-state index < -0.39 is 11.1 Å². The summed E-state index contributed by atoms with van der Waals surface area (Å²) >= 11 is 1.61. The first-order valence-corrected chi connectivity index (χ1v) is 7.00. The van der Waals surface area contributed by atoms with E-state index in [1.807, 2.05) is 24.4 Å². The lowest BCUT2D eigenvalue weighted by Gasteiger charge is -2.12. The third-order valence-corrected chi connectivity index (χ3v) is 4.39. The van der Waals surface area contributed by atoms with Gasteiger partial charge in [0.1, 0.15) is 0 Å². The van der Waals surface area contributed by atoms with Crippen LogP contribution in [0.3, 0.4) is 0 Å². The maximum absolute atomic E-state index is 11.4. The quantitative estimate of drug-likeness (QED) is 0.626. The average molecular weight is 287 g/mol. The molecule has 2 heterocycles. The fourth-order valence-electron chi connectivity index (χ4n) is 2.18. The molecule has 1 atom stereocenters. The first-order chi connectivity index (χ1) is 9.56. The number of nitrogens with two attached hydrogens (primary N) is 1. The van der Waals surface area contributed by atoms with Crippen LogP contribution in [0, 0.1) is 6.92 Å². The predicted molar refractivity (Wildman–Crippen MR) is 80.3 cm³/mol. The fourth-order valence-corrected chi connectivity index (χ4v) is 3.14. The topological polar surface area (TPSA) is 91.7 Å². The maximum Gasteiger partial charge on any atom is 0.314 e. The molecule has 0 spiro atoms. The summed E-state index contributed by atoms with van der Waals surface area (Å²) < 4.78 is 0. The third-order valence-electron chi connectivity index (χ3n) is 3.29. The molecule has 0 saturated heterocycles. The van der Waals surface area contributed by atoms with Crippen molar-refractivity contribution >= 4 is 22.4 Å². The molecular weight excluding hydrogens is 274 g/mol. The van der Waals surface area contributed by atoms with Crippen molar-refractivity contribution in [3.63, 3.8) is 0 Å². The molecule has 3 aromatic rings. The predicted octanol–water partition coefficient (Wildman–Crippen LogP) is 1.63. The van der Waals surface area contributed by atoms with Crippen molar-refractivity contribution in [1.29, 1.82) is 0 Å². The Bertz CT molecular complexity index is 891. The van der Waals surface area contributed by atoms with E-state index >= 15 is 0 Å². The average Bonchev–Trinajstić information content (AvgIpc) is 2.85. The SMILES string of the molecule is Cc1ccsc1C(N)c1ccc2[nH]c(=O)c(=O)[nH]c2c1. The first kappa shape index (κ1) is 12.8. The molecule has 20 heavy (non-hydrogen) atoms. The number of aromatic amines is 2. The molecule has 3 rings (SSSR count). The number of aromatic nitrogens is 2. The van der Waals surface area contributed by atoms with Crippen molar-refractivity contribution in [3.8, 4) is 0 Å². The molecule has 6 heteroatoms. The highest BCUT2D eigenvalue weighted by molar-refractivity contribution is 7.10. The molecular formula is C14H13N3O2S. The van der Waals surface area contributed by atoms with Crippen LogP contribution in [0.25, 0.3) is 11.0 Å². The van der Waals surface area contributed by atoms with Gasteiger partial charge in [-0.15, -0.1) is 11.3 Å². The van der Waals surface area contributed by atoms with Gasteiger partial charge in [0.2, 0.25) is 0 Å². The minimum Gasteiger partial charge on any atom is -0.320 e. The highest BCUT2D eigenvalue weighted by atomic mass is 32.1. The van der Waals surface area contributed by atoms with Crippen molar-refractivity contribution in [2.45, 2.75) is 13.0 Å². The van der Waals surface area contributed by atoms with E-state index in [0.717, 1.165) is 16.0 Å². The van der Waals surface area contributed by atoms with Crippen molar-refractivity contribution in [1.82, 2.24) is 9.97 Å². The number of aryl methyl sites for hydroxylation is 1. The van der Waals surface area contributed by atoms with E-state index in [0.29, 0.717) is 11.0 Å². The van der Waals surface area contributed by atoms with Crippen LogP contribution in [0.15, 0.2) is 39.2 Å². The van der Waals surface area contributed by atoms with Gasteiger partial charge in [0, 0.05) is 4.88 Å². The summed E-state index contributed by atoms with van der Waals surface area (Å²) in [6, 6.07) is 7.21. The van der Waals surface area contributed by atoms with E-state index in [9.17, 15) is 9.59 Å². The van der Waals surface area contributed by atoms with Crippen molar-refractivity contribution in [2.75, 3.05) is 0 Å². The van der Waals surface area contributed by atoms with E-state index in [1.54, 1.807) is 23.5 Å². The van der Waals surface area contributed by atoms with Crippen LogP contribution in [0.2, 0.25) is 0 Å². The van der Waals surface area contributed by atoms with Gasteiger partial charge in [-0.3, -0.25) is 9.59 Å². The van der Waals surface area contributed by atoms with Gasteiger partial charge in [-0.1, -0.05) is 6.07 Å². The number of hydrogen-bond donors (Lipinski definition) is 3. The third kappa shape index (κ3) is 2.09. The molecule has 0 amide bonds. The second-order valence-electron chi connectivity index (χ2n) is 4.66. The summed E-state index contributed by atoms with van der Waals surface area (Å²) in [6.07, 6.45) is 0. The molecule has 0 aliphatic rings. The number of nitrogens with one attached hydrogen (secondary N) is 2. The molecule has 4 N–H and O–H groups in total. The van der Waals surface area contributed by atoms with Gasteiger partial charge in [0.05, 0.1) is 17.1 Å². The van der Waals surface area contributed by atoms with E-state index in [4.69, 9.17) is 5.73 Å². The minimum atomic E-state index is -0.657. The smallest absolute Gasteiger partial charge is 0.314 e. The lowest BCUT2D eigenvalue weighted by atomic mass is 10.0. The number of thiophene rings is 1. The van der Waals surface area contributed by atoms with Crippen molar-refractivity contribution in [2.24, 2.45) is 5.73 Å². The summed E-state index contributed by atoms with van der Waals surface area (Å²) in [4.78, 5) is 28.8. The van der Waals surface area contributed by atoms with Gasteiger partial charge in [0.25, 0.3) is 0 Å². The van der Waals surface area contributed by atoms with E-state index in [1.165, 1.54) is 0 Å². The zero-order chi connectivity index (χ0) is 14.3. The van der Waals surface area contributed by atoms with Gasteiger partial charge in [0.15, 0.2) is 0 Å². The molecule has 102 valence electrons. The Hall–Kier alpha value is -2.18. The Morgan fingerprint density at radius 3 is 2.45 bits per heavy atom. The molecule has 0 aliphatic heterocycles. The Labute approximate surface area is 118 Å². The summed E-state index contributed by atoms with van der Waals surface area (Å²) in [5, 5.41) is 2.00. The zero-order valence-corrected chi connectivity index (χ0v) is 11.6. The fraction of sp³-hybridized carbons (Fsp3) is 0.143. The molecule has 1 unspecified atom stereocenters. The number of rotatable bonds is 2. The van der Waals surface area contributed by atoms with Crippen LogP contribution in [0.4, 0.5) is 0 Å². The second kappa shape index (κ2) is 4.73. The number of H-pyrrole nitrogens is 2. The normalized spacial score (nSPS) is 12.7. The standard InChI is InChI=1S/C14H13N3O2S/c1-7-4-5-20-12(7)11(15)8-2-3-9-10(6-8)17-14(19)13(18)16-9/h2-6,11H,15H2,1H3,(H,16,18)(H,17,19). The largest absolute Gasteiger partial charge is 0.320 e. The number of fused-ring (bicyclic) bond motifs is 1. The molecule has 0 bridgehead atoms. The second-order valence-corrected chi connectivity index (χ2v) is 5.61. The van der Waals surface area contributed by atoms with Crippen LogP contribution < -0.4 is 16.9 Å². The molecule has 0 radical (unpaired) electrons. The Morgan fingerprint density at radius 1 is 1.10 bits per heavy atom. The summed E-state index contributed by atoms with van der Waals surface area (Å²) in [7, 11) is 0. The highest BCUT2D eigenvalue weighted by Gasteiger charge is 2.13. The van der Waals surface area contributed by atoms with Gasteiger partial charge >= 0.3 is 11.1 Å². The number of hydrogen-bond acceptors (Lipinski definition) is 4. The maximum atomic E-state index is 11.4. The monoisotopic (exact) mass is 287 g/mol. The van der Waals surface area contributed by atoms with Gasteiger partial charge in [-0.25, -0.2) is 0 Å². The van der Waals surface area contributed by atoms with Crippen LogP contribution >= 0.6 is 11.3 Å². The van der Waals surface area contributed by atoms with Gasteiger partial charge < -0.3 is 15.7 Å². The molecule has 2 aromatic heterocycles. The molecule has 0 saturated carbocycles. The summed E-state index contributed by atoms with van der Waals surface area (Å²) in [5.41, 5.74) is 8.18. The number of benzene rings is 1. The Kier molecular flexibility index (Phi) is 3.04. The van der Waals surface area contributed by atoms with Crippen molar-refractivity contribution in [3.05, 3.63) is 66.4 Å². The first-order valence-electron chi connectivity index (χ1n) is 6.12. The molecule has 1 aromatic carbocycles. The van der Waals surface area contributed by atoms with Crippen molar-refractivity contribution < 1.29 is 0 Å². The molecule has 5 nitrogen and oxygen atoms in total. The lowest BCUT2D eigenvalue weighted by molar-refractivity contribution is 0.886. The van der Waals surface area contributed by atoms with Gasteiger partial charge in [-0.05, 0) is 41.6 Å². The van der Waals surface area contributed by atoms with Crippen LogP contribution in [-0.4, -0.2) is 9.97 Å². The highest BCUT2D eigenvalue weighted by Crippen LogP contribution is 2.28. The molecule has 0 aliphatic carbocycles. The van der Waals surface area contributed by atoms with Crippen LogP contribution in [-0.2, 0) is 0 Å². The Morgan fingerprint density at radius 2 is 1.80 bits per heavy atom. The lowest BCUT2D eigenvalue weighted by Crippen LogP contribution is -2.29. The van der Waals surface area contributed by atoms with Crippen LogP contribution in [0.5, 0.6) is 0 Å². The zero-order valence-electron chi connectivity index (χ0n) is 10.8. The van der Waals surface area contributed by atoms with E-state index in [-0.39, 0.29) is 6.04 Å². The Balaban J connectivity index is 2.14. The summed E-state index contributed by atoms with van der Waals surface area (Å²) in [6.45, 7) is 2.02. The van der Waals surface area contributed by atoms with Crippen LogP contribution in [0.1, 0.15) is 22.0 Å². The van der Waals surface area contributed by atoms with E-state index in [2.05, 4.69) is 9.97 Å². The minimum absolute atomic E-state index is 0.241.